The third-order valence-electron chi connectivity index (χ3n) is 6.30. The van der Waals surface area contributed by atoms with Gasteiger partial charge < -0.3 is 20.8 Å². The van der Waals surface area contributed by atoms with Crippen molar-refractivity contribution in [3.63, 3.8) is 0 Å². The van der Waals surface area contributed by atoms with Crippen molar-refractivity contribution in [1.29, 1.82) is 0 Å². The van der Waals surface area contributed by atoms with Crippen molar-refractivity contribution < 1.29 is 23.7 Å². The third kappa shape index (κ3) is 5.91. The third-order valence-corrected chi connectivity index (χ3v) is 7.68. The number of alkyl halides is 2. The SMILES string of the molecule is C[C@H]1C[C@@]2(CCN1C/C(C=NCC(O)C(C)(C)O)=N/N)OCCc1cc(CC(F)F)sc12. The number of aliphatic hydroxyl groups excluding tert-OH is 1. The fraction of sp³-hybridized carbons (Fsp3) is 0.727. The molecule has 1 aromatic rings. The molecule has 1 spiro atoms. The molecule has 0 radical (unpaired) electrons. The highest BCUT2D eigenvalue weighted by atomic mass is 32.1. The number of hydrogen-bond acceptors (Lipinski definition) is 8. The molecular weight excluding hydrogens is 438 g/mol. The predicted molar refractivity (Wildman–Crippen MR) is 123 cm³/mol. The lowest BCUT2D eigenvalue weighted by Gasteiger charge is -2.47. The average molecular weight is 473 g/mol. The zero-order valence-electron chi connectivity index (χ0n) is 18.9. The maximum Gasteiger partial charge on any atom is 0.243 e. The Morgan fingerprint density at radius 1 is 1.50 bits per heavy atom. The fourth-order valence-corrected chi connectivity index (χ4v) is 5.76. The Hall–Kier alpha value is -1.46. The van der Waals surface area contributed by atoms with E-state index in [1.807, 2.05) is 6.07 Å². The van der Waals surface area contributed by atoms with E-state index in [0.717, 1.165) is 41.1 Å². The van der Waals surface area contributed by atoms with Gasteiger partial charge in [-0.15, -0.1) is 11.3 Å². The second kappa shape index (κ2) is 10.2. The van der Waals surface area contributed by atoms with Crippen LogP contribution < -0.4 is 5.84 Å². The van der Waals surface area contributed by atoms with E-state index in [0.29, 0.717) is 18.9 Å². The lowest BCUT2D eigenvalue weighted by atomic mass is 9.82. The summed E-state index contributed by atoms with van der Waals surface area (Å²) in [6.45, 7) is 7.09. The van der Waals surface area contributed by atoms with Gasteiger partial charge in [-0.05, 0) is 51.7 Å². The average Bonchev–Trinajstić information content (AvgIpc) is 3.11. The summed E-state index contributed by atoms with van der Waals surface area (Å²) in [6.07, 6.45) is 0.320. The van der Waals surface area contributed by atoms with E-state index in [1.54, 1.807) is 0 Å². The van der Waals surface area contributed by atoms with E-state index < -0.39 is 23.7 Å². The van der Waals surface area contributed by atoms with E-state index in [1.165, 1.54) is 31.4 Å². The van der Waals surface area contributed by atoms with Crippen molar-refractivity contribution in [1.82, 2.24) is 4.90 Å². The summed E-state index contributed by atoms with van der Waals surface area (Å²) in [5.74, 6) is 5.55. The molecule has 0 saturated carbocycles. The molecule has 7 nitrogen and oxygen atoms in total. The van der Waals surface area contributed by atoms with Crippen LogP contribution in [0.3, 0.4) is 0 Å². The molecule has 0 aliphatic carbocycles. The molecule has 1 unspecified atom stereocenters. The van der Waals surface area contributed by atoms with Crippen LogP contribution in [0.15, 0.2) is 16.2 Å². The molecule has 0 aromatic carbocycles. The summed E-state index contributed by atoms with van der Waals surface area (Å²) in [4.78, 5) is 8.27. The van der Waals surface area contributed by atoms with E-state index in [4.69, 9.17) is 10.6 Å². The second-order valence-corrected chi connectivity index (χ2v) is 10.4. The van der Waals surface area contributed by atoms with Gasteiger partial charge in [-0.25, -0.2) is 8.78 Å². The standard InChI is InChI=1S/C22H34F2N4O3S/c1-14-10-22(20-15(4-7-31-22)8-17(32-20)9-19(23)24)5-6-28(14)13-16(27-25)11-26-12-18(29)21(2,3)30/h8,11,14,18-19,29-30H,4-7,9-10,12-13,25H2,1-3H3/b26-11?,27-16+/t14-,18?,22+/m0/s1. The zero-order chi connectivity index (χ0) is 23.5. The van der Waals surface area contributed by atoms with Crippen LogP contribution >= 0.6 is 11.3 Å². The van der Waals surface area contributed by atoms with Gasteiger partial charge in [0.25, 0.3) is 0 Å². The van der Waals surface area contributed by atoms with Gasteiger partial charge in [-0.2, -0.15) is 5.10 Å². The molecule has 3 atom stereocenters. The van der Waals surface area contributed by atoms with Crippen LogP contribution in [0.25, 0.3) is 0 Å². The molecule has 3 rings (SSSR count). The molecule has 3 heterocycles. The quantitative estimate of drug-likeness (QED) is 0.306. The molecule has 2 aliphatic rings. The lowest BCUT2D eigenvalue weighted by Crippen LogP contribution is -2.51. The lowest BCUT2D eigenvalue weighted by molar-refractivity contribution is -0.106. The number of nitrogens with zero attached hydrogens (tertiary/aromatic N) is 3. The molecule has 0 bridgehead atoms. The molecule has 180 valence electrons. The second-order valence-electron chi connectivity index (χ2n) is 9.31. The largest absolute Gasteiger partial charge is 0.388 e. The van der Waals surface area contributed by atoms with Gasteiger partial charge in [0.2, 0.25) is 6.43 Å². The summed E-state index contributed by atoms with van der Waals surface area (Å²) in [7, 11) is 0. The molecule has 4 N–H and O–H groups in total. The van der Waals surface area contributed by atoms with Gasteiger partial charge in [-0.1, -0.05) is 0 Å². The van der Waals surface area contributed by atoms with E-state index in [-0.39, 0.29) is 19.0 Å². The maximum atomic E-state index is 12.9. The topological polar surface area (TPSA) is 104 Å². The van der Waals surface area contributed by atoms with Crippen LogP contribution in [0.1, 0.15) is 48.9 Å². The van der Waals surface area contributed by atoms with E-state index in [9.17, 15) is 19.0 Å². The minimum Gasteiger partial charge on any atom is -0.388 e. The Morgan fingerprint density at radius 3 is 2.88 bits per heavy atom. The summed E-state index contributed by atoms with van der Waals surface area (Å²) >= 11 is 1.47. The Balaban J connectivity index is 1.64. The Bertz CT molecular complexity index is 840. The minimum atomic E-state index is -2.34. The van der Waals surface area contributed by atoms with Gasteiger partial charge >= 0.3 is 0 Å². The number of aliphatic imine (C=N–C) groups is 1. The van der Waals surface area contributed by atoms with Crippen molar-refractivity contribution in [2.75, 3.05) is 26.2 Å². The number of aliphatic hydroxyl groups is 2. The Labute approximate surface area is 192 Å². The minimum absolute atomic E-state index is 0.0527. The summed E-state index contributed by atoms with van der Waals surface area (Å²) < 4.78 is 32.1. The van der Waals surface area contributed by atoms with Crippen LogP contribution in [0.2, 0.25) is 0 Å². The highest BCUT2D eigenvalue weighted by molar-refractivity contribution is 7.12. The van der Waals surface area contributed by atoms with Gasteiger partial charge in [0.15, 0.2) is 0 Å². The number of ether oxygens (including phenoxy) is 1. The Morgan fingerprint density at radius 2 is 2.25 bits per heavy atom. The molecule has 32 heavy (non-hydrogen) atoms. The van der Waals surface area contributed by atoms with Gasteiger partial charge in [0.1, 0.15) is 11.7 Å². The first-order valence-electron chi connectivity index (χ1n) is 11.0. The van der Waals surface area contributed by atoms with Crippen molar-refractivity contribution in [3.8, 4) is 0 Å². The number of rotatable bonds is 8. The first-order chi connectivity index (χ1) is 15.0. The van der Waals surface area contributed by atoms with Gasteiger partial charge in [0, 0.05) is 41.5 Å². The van der Waals surface area contributed by atoms with Crippen LogP contribution in [-0.2, 0) is 23.2 Å². The monoisotopic (exact) mass is 472 g/mol. The van der Waals surface area contributed by atoms with Crippen molar-refractivity contribution >= 4 is 23.3 Å². The highest BCUT2D eigenvalue weighted by Crippen LogP contribution is 2.47. The number of fused-ring (bicyclic) bond motifs is 2. The first kappa shape index (κ1) is 25.2. The van der Waals surface area contributed by atoms with Crippen molar-refractivity contribution in [3.05, 3.63) is 21.4 Å². The first-order valence-corrected chi connectivity index (χ1v) is 11.8. The number of halogens is 2. The van der Waals surface area contributed by atoms with E-state index in [2.05, 4.69) is 21.9 Å². The van der Waals surface area contributed by atoms with Crippen LogP contribution in [0.4, 0.5) is 8.78 Å². The smallest absolute Gasteiger partial charge is 0.243 e. The number of likely N-dealkylation sites (tertiary alicyclic amines) is 1. The number of hydrogen-bond donors (Lipinski definition) is 3. The molecule has 1 fully saturated rings. The molecule has 10 heteroatoms. The maximum absolute atomic E-state index is 12.9. The molecule has 1 aromatic heterocycles. The number of piperidine rings is 1. The molecule has 1 saturated heterocycles. The number of nitrogens with two attached hydrogens (primary N) is 1. The fourth-order valence-electron chi connectivity index (χ4n) is 4.36. The predicted octanol–water partition coefficient (Wildman–Crippen LogP) is 2.33. The number of thiophene rings is 1. The summed E-state index contributed by atoms with van der Waals surface area (Å²) in [5.41, 5.74) is 0.0816. The van der Waals surface area contributed by atoms with Gasteiger partial charge in [0.05, 0.1) is 24.5 Å². The van der Waals surface area contributed by atoms with Crippen LogP contribution in [0, 0.1) is 0 Å². The highest BCUT2D eigenvalue weighted by Gasteiger charge is 2.45. The molecule has 2 aliphatic heterocycles. The Kier molecular flexibility index (Phi) is 8.03. The van der Waals surface area contributed by atoms with Crippen molar-refractivity contribution in [2.45, 2.75) is 76.2 Å². The molecular formula is C22H34F2N4O3S. The van der Waals surface area contributed by atoms with Crippen molar-refractivity contribution in [2.24, 2.45) is 15.9 Å². The van der Waals surface area contributed by atoms with Crippen LogP contribution in [-0.4, -0.2) is 77.5 Å². The van der Waals surface area contributed by atoms with E-state index >= 15 is 0 Å². The summed E-state index contributed by atoms with van der Waals surface area (Å²) in [6, 6.07) is 2.10. The number of hydrazone groups is 1. The molecule has 0 amide bonds. The van der Waals surface area contributed by atoms with Crippen LogP contribution in [0.5, 0.6) is 0 Å². The normalized spacial score (nSPS) is 26.2. The summed E-state index contributed by atoms with van der Waals surface area (Å²) in [5, 5.41) is 23.5. The zero-order valence-corrected chi connectivity index (χ0v) is 19.7. The van der Waals surface area contributed by atoms with Gasteiger partial charge in [-0.3, -0.25) is 9.89 Å².